The normalized spacial score (nSPS) is 17.4. The first-order chi connectivity index (χ1) is 24.6. The number of carbonyl (C=O) groups excluding carboxylic acids is 2. The van der Waals surface area contributed by atoms with Crippen molar-refractivity contribution >= 4 is 17.8 Å². The van der Waals surface area contributed by atoms with Crippen molar-refractivity contribution in [3.05, 3.63) is 89.0 Å². The molecule has 2 atom stereocenters. The number of hydrogen-bond donors (Lipinski definition) is 2. The fraction of sp³-hybridized carbons (Fsp3) is 0.500. The molecule has 276 valence electrons. The Balaban J connectivity index is 1.19. The Bertz CT molecular complexity index is 1580. The number of ether oxygens (including phenoxy) is 5. The van der Waals surface area contributed by atoms with Crippen molar-refractivity contribution in [3.8, 4) is 11.5 Å². The lowest BCUT2D eigenvalue weighted by Gasteiger charge is -2.39. The zero-order valence-corrected chi connectivity index (χ0v) is 30.5. The van der Waals surface area contributed by atoms with Gasteiger partial charge in [0.2, 0.25) is 0 Å². The Morgan fingerprint density at radius 3 is 2.55 bits per heavy atom. The highest BCUT2D eigenvalue weighted by atomic mass is 16.6. The highest BCUT2D eigenvalue weighted by Crippen LogP contribution is 2.34. The number of nitrogens with zero attached hydrogens (tertiary/aromatic N) is 2. The van der Waals surface area contributed by atoms with Crippen LogP contribution < -0.4 is 25.4 Å². The van der Waals surface area contributed by atoms with Gasteiger partial charge < -0.3 is 44.5 Å². The molecule has 3 aromatic rings. The van der Waals surface area contributed by atoms with Crippen molar-refractivity contribution in [2.45, 2.75) is 77.3 Å². The van der Waals surface area contributed by atoms with Crippen LogP contribution in [-0.2, 0) is 33.8 Å². The quantitative estimate of drug-likeness (QED) is 0.174. The third-order valence-electron chi connectivity index (χ3n) is 9.18. The smallest absolute Gasteiger partial charge is 0.410 e. The van der Waals surface area contributed by atoms with E-state index in [0.717, 1.165) is 60.4 Å². The molecular weight excluding hydrogens is 648 g/mol. The van der Waals surface area contributed by atoms with Gasteiger partial charge in [0.1, 0.15) is 17.1 Å². The molecule has 2 heterocycles. The van der Waals surface area contributed by atoms with Crippen LogP contribution in [0, 0.1) is 0 Å². The molecule has 11 nitrogen and oxygen atoms in total. The molecule has 51 heavy (non-hydrogen) atoms. The molecule has 0 spiro atoms. The van der Waals surface area contributed by atoms with Crippen molar-refractivity contribution in [2.75, 3.05) is 57.9 Å². The largest absolute Gasteiger partial charge is 0.496 e. The molecule has 0 aliphatic carbocycles. The van der Waals surface area contributed by atoms with Gasteiger partial charge in [-0.3, -0.25) is 0 Å². The van der Waals surface area contributed by atoms with Gasteiger partial charge >= 0.3 is 12.1 Å². The highest BCUT2D eigenvalue weighted by Gasteiger charge is 2.35. The van der Waals surface area contributed by atoms with E-state index in [1.165, 1.54) is 11.3 Å². The number of piperidine rings is 1. The maximum absolute atomic E-state index is 13.1. The Labute approximate surface area is 302 Å². The zero-order valence-electron chi connectivity index (χ0n) is 30.5. The van der Waals surface area contributed by atoms with E-state index in [4.69, 9.17) is 29.4 Å². The molecule has 3 N–H and O–H groups in total. The molecule has 2 aliphatic heterocycles. The number of aryl methyl sites for hydroxylation is 1. The summed E-state index contributed by atoms with van der Waals surface area (Å²) >= 11 is 0. The molecule has 0 aromatic heterocycles. The minimum Gasteiger partial charge on any atom is -0.496 e. The van der Waals surface area contributed by atoms with E-state index in [-0.39, 0.29) is 18.1 Å². The fourth-order valence-electron chi connectivity index (χ4n) is 6.66. The number of para-hydroxylation sites is 1. The van der Waals surface area contributed by atoms with Crippen LogP contribution in [-0.4, -0.2) is 81.8 Å². The van der Waals surface area contributed by atoms with Crippen molar-refractivity contribution in [1.82, 2.24) is 10.2 Å². The molecule has 0 bridgehead atoms. The van der Waals surface area contributed by atoms with Crippen LogP contribution in [0.4, 0.5) is 15.3 Å². The van der Waals surface area contributed by atoms with Gasteiger partial charge in [-0.25, -0.2) is 9.59 Å². The lowest BCUT2D eigenvalue weighted by atomic mass is 9.87. The molecule has 1 fully saturated rings. The van der Waals surface area contributed by atoms with Gasteiger partial charge in [0, 0.05) is 49.8 Å². The molecule has 0 unspecified atom stereocenters. The second-order valence-electron chi connectivity index (χ2n) is 14.2. The number of fused-ring (bicyclic) bond motifs is 1. The second-order valence-corrected chi connectivity index (χ2v) is 14.2. The number of nitrogens with two attached hydrogens (primary N) is 1. The number of urea groups is 1. The minimum atomic E-state index is -0.580. The summed E-state index contributed by atoms with van der Waals surface area (Å²) in [5.74, 6) is 1.72. The summed E-state index contributed by atoms with van der Waals surface area (Å²) in [7, 11) is 1.67. The molecule has 11 heteroatoms. The average Bonchev–Trinajstić information content (AvgIpc) is 3.11. The standard InChI is InChI=1S/C40H54N4O7/c1-40(2,3)51-39(46)44-21-18-34(30-14-16-33(17-15-30)49-24-8-23-48-28-32-9-5-6-11-36(32)47-4)37(26-44)50-27-29-12-13-31-10-7-20-43(35(31)25-29)22-19-42-38(41)45/h5-6,9,11-17,25,34,37H,7-8,10,18-24,26-28H2,1-4H3,(H3,41,42,45)/t34-,37+/m1/s1. The number of anilines is 1. The molecule has 0 radical (unpaired) electrons. The van der Waals surface area contributed by atoms with Gasteiger partial charge in [-0.15, -0.1) is 0 Å². The summed E-state index contributed by atoms with van der Waals surface area (Å²) in [6.07, 6.45) is 3.04. The molecule has 2 aliphatic rings. The Morgan fingerprint density at radius 2 is 1.78 bits per heavy atom. The van der Waals surface area contributed by atoms with Gasteiger partial charge in [0.05, 0.1) is 46.2 Å². The second kappa shape index (κ2) is 18.1. The van der Waals surface area contributed by atoms with Crippen LogP contribution in [0.1, 0.15) is 68.2 Å². The SMILES string of the molecule is COc1ccccc1COCCCOc1ccc([C@H]2CCN(C(=O)OC(C)(C)C)C[C@@H]2OCc2ccc3c(c2)N(CCNC(N)=O)CCC3)cc1. The van der Waals surface area contributed by atoms with E-state index in [1.807, 2.05) is 57.2 Å². The molecule has 3 amide bonds. The van der Waals surface area contributed by atoms with Crippen LogP contribution in [0.5, 0.6) is 11.5 Å². The summed E-state index contributed by atoms with van der Waals surface area (Å²) in [6, 6.07) is 22.1. The van der Waals surface area contributed by atoms with E-state index in [1.54, 1.807) is 12.0 Å². The number of amides is 3. The van der Waals surface area contributed by atoms with Crippen LogP contribution in [0.3, 0.4) is 0 Å². The third-order valence-corrected chi connectivity index (χ3v) is 9.18. The third kappa shape index (κ3) is 11.3. The van der Waals surface area contributed by atoms with Crippen LogP contribution in [0.2, 0.25) is 0 Å². The monoisotopic (exact) mass is 702 g/mol. The van der Waals surface area contributed by atoms with Crippen molar-refractivity contribution in [2.24, 2.45) is 5.73 Å². The van der Waals surface area contributed by atoms with E-state index >= 15 is 0 Å². The average molecular weight is 703 g/mol. The van der Waals surface area contributed by atoms with Crippen molar-refractivity contribution < 1.29 is 33.3 Å². The van der Waals surface area contributed by atoms with Gasteiger partial charge in [-0.2, -0.15) is 0 Å². The molecule has 0 saturated carbocycles. The van der Waals surface area contributed by atoms with Gasteiger partial charge in [0.25, 0.3) is 0 Å². The number of hydrogen-bond acceptors (Lipinski definition) is 8. The van der Waals surface area contributed by atoms with E-state index in [2.05, 4.69) is 40.5 Å². The van der Waals surface area contributed by atoms with Gasteiger partial charge in [0.15, 0.2) is 0 Å². The molecular formula is C40H54N4O7. The lowest BCUT2D eigenvalue weighted by Crippen LogP contribution is -2.48. The van der Waals surface area contributed by atoms with Crippen LogP contribution in [0.15, 0.2) is 66.7 Å². The zero-order chi connectivity index (χ0) is 36.2. The van der Waals surface area contributed by atoms with E-state index in [9.17, 15) is 9.59 Å². The summed E-state index contributed by atoms with van der Waals surface area (Å²) < 4.78 is 29.7. The summed E-state index contributed by atoms with van der Waals surface area (Å²) in [4.78, 5) is 28.4. The highest BCUT2D eigenvalue weighted by molar-refractivity contribution is 5.71. The first-order valence-corrected chi connectivity index (χ1v) is 18.0. The number of rotatable bonds is 15. The summed E-state index contributed by atoms with van der Waals surface area (Å²) in [5.41, 5.74) is 10.4. The first kappa shape index (κ1) is 37.8. The predicted molar refractivity (Wildman–Crippen MR) is 198 cm³/mol. The van der Waals surface area contributed by atoms with Crippen molar-refractivity contribution in [1.29, 1.82) is 0 Å². The van der Waals surface area contributed by atoms with Crippen molar-refractivity contribution in [3.63, 3.8) is 0 Å². The van der Waals surface area contributed by atoms with Crippen LogP contribution >= 0.6 is 0 Å². The number of likely N-dealkylation sites (tertiary alicyclic amines) is 1. The molecule has 3 aromatic carbocycles. The Kier molecular flexibility index (Phi) is 13.4. The van der Waals surface area contributed by atoms with Gasteiger partial charge in [-0.05, 0) is 81.0 Å². The van der Waals surface area contributed by atoms with Gasteiger partial charge in [-0.1, -0.05) is 42.5 Å². The predicted octanol–water partition coefficient (Wildman–Crippen LogP) is 6.41. The first-order valence-electron chi connectivity index (χ1n) is 18.0. The number of nitrogens with one attached hydrogen (secondary N) is 1. The lowest BCUT2D eigenvalue weighted by molar-refractivity contribution is -0.0359. The summed E-state index contributed by atoms with van der Waals surface area (Å²) in [5, 5.41) is 2.70. The Hall–Kier alpha value is -4.48. The minimum absolute atomic E-state index is 0.0927. The van der Waals surface area contributed by atoms with E-state index in [0.29, 0.717) is 52.6 Å². The molecule has 5 rings (SSSR count). The molecule has 1 saturated heterocycles. The van der Waals surface area contributed by atoms with Crippen LogP contribution in [0.25, 0.3) is 0 Å². The number of primary amides is 1. The maximum Gasteiger partial charge on any atom is 0.410 e. The summed E-state index contributed by atoms with van der Waals surface area (Å²) in [6.45, 7) is 10.8. The number of carbonyl (C=O) groups is 2. The van der Waals surface area contributed by atoms with E-state index < -0.39 is 11.6 Å². The number of benzene rings is 3. The number of methoxy groups -OCH3 is 1. The fourth-order valence-corrected chi connectivity index (χ4v) is 6.66. The maximum atomic E-state index is 13.1. The Morgan fingerprint density at radius 1 is 0.980 bits per heavy atom. The topological polar surface area (TPSA) is 125 Å².